The predicted molar refractivity (Wildman–Crippen MR) is 127 cm³/mol. The van der Waals surface area contributed by atoms with Gasteiger partial charge in [0.2, 0.25) is 0 Å². The van der Waals surface area contributed by atoms with Crippen molar-refractivity contribution in [2.24, 2.45) is 0 Å². The molecule has 1 saturated carbocycles. The van der Waals surface area contributed by atoms with E-state index in [0.717, 1.165) is 48.3 Å². The zero-order valence-electron chi connectivity index (χ0n) is 19.1. The molecule has 0 saturated heterocycles. The first-order valence-corrected chi connectivity index (χ1v) is 12.0. The molecule has 0 bridgehead atoms. The fraction of sp³-hybridized carbons (Fsp3) is 0.583. The molecular formula is C24H35N3O3S. The molecule has 0 aliphatic heterocycles. The number of carbonyl (C=O) groups excluding carboxylic acids is 1. The molecule has 1 amide bonds. The van der Waals surface area contributed by atoms with Gasteiger partial charge in [0.1, 0.15) is 5.60 Å². The maximum atomic E-state index is 12.3. The Morgan fingerprint density at radius 3 is 2.68 bits per heavy atom. The van der Waals surface area contributed by atoms with Gasteiger partial charge in [0.25, 0.3) is 0 Å². The number of alkyl carbamates (subject to hydrolysis) is 1. The van der Waals surface area contributed by atoms with E-state index in [1.54, 1.807) is 11.3 Å². The fourth-order valence-electron chi connectivity index (χ4n) is 4.14. The lowest BCUT2D eigenvalue weighted by Crippen LogP contribution is -2.36. The molecule has 0 atom stereocenters. The third-order valence-electron chi connectivity index (χ3n) is 5.55. The molecule has 0 unspecified atom stereocenters. The van der Waals surface area contributed by atoms with E-state index in [2.05, 4.69) is 33.4 Å². The number of aromatic nitrogens is 1. The normalized spacial score (nSPS) is 14.6. The number of ether oxygens (including phenoxy) is 1. The molecule has 2 aromatic rings. The van der Waals surface area contributed by atoms with E-state index in [-0.39, 0.29) is 6.61 Å². The predicted octanol–water partition coefficient (Wildman–Crippen LogP) is 5.27. The summed E-state index contributed by atoms with van der Waals surface area (Å²) < 4.78 is 5.42. The fourth-order valence-corrected chi connectivity index (χ4v) is 4.94. The van der Waals surface area contributed by atoms with E-state index in [0.29, 0.717) is 12.6 Å². The average molecular weight is 446 g/mol. The monoisotopic (exact) mass is 445 g/mol. The van der Waals surface area contributed by atoms with Gasteiger partial charge in [0, 0.05) is 31.4 Å². The van der Waals surface area contributed by atoms with Crippen molar-refractivity contribution in [3.63, 3.8) is 0 Å². The minimum Gasteiger partial charge on any atom is -0.444 e. The van der Waals surface area contributed by atoms with Crippen LogP contribution in [0.4, 0.5) is 10.5 Å². The lowest BCUT2D eigenvalue weighted by molar-refractivity contribution is 0.0523. The molecule has 2 N–H and O–H groups in total. The van der Waals surface area contributed by atoms with Crippen molar-refractivity contribution in [2.45, 2.75) is 78.0 Å². The largest absolute Gasteiger partial charge is 0.444 e. The third-order valence-corrected chi connectivity index (χ3v) is 6.52. The summed E-state index contributed by atoms with van der Waals surface area (Å²) >= 11 is 1.64. The van der Waals surface area contributed by atoms with Crippen molar-refractivity contribution in [1.82, 2.24) is 10.3 Å². The Morgan fingerprint density at radius 2 is 2.06 bits per heavy atom. The molecule has 31 heavy (non-hydrogen) atoms. The molecule has 1 fully saturated rings. The molecule has 6 nitrogen and oxygen atoms in total. The number of aliphatic hydroxyl groups is 1. The molecule has 0 spiro atoms. The SMILES string of the molecule is Cc1ncsc1-c1ccc(CNC(=O)OC(C)(C)C)c(N(CCCO)C2CCCC2)c1. The van der Waals surface area contributed by atoms with Crippen molar-refractivity contribution in [3.05, 3.63) is 35.0 Å². The van der Waals surface area contributed by atoms with Crippen molar-refractivity contribution >= 4 is 23.1 Å². The van der Waals surface area contributed by atoms with Gasteiger partial charge in [0.15, 0.2) is 0 Å². The van der Waals surface area contributed by atoms with Crippen molar-refractivity contribution in [3.8, 4) is 10.4 Å². The topological polar surface area (TPSA) is 74.7 Å². The second-order valence-corrected chi connectivity index (χ2v) is 10.0. The Hall–Kier alpha value is -2.12. The van der Waals surface area contributed by atoms with Crippen molar-refractivity contribution < 1.29 is 14.6 Å². The van der Waals surface area contributed by atoms with Crippen LogP contribution in [0.3, 0.4) is 0 Å². The number of aryl methyl sites for hydroxylation is 1. The number of aliphatic hydroxyl groups excluding tert-OH is 1. The minimum atomic E-state index is -0.530. The molecule has 3 rings (SSSR count). The number of carbonyl (C=O) groups is 1. The van der Waals surface area contributed by atoms with Crippen LogP contribution in [0.1, 0.15) is 64.1 Å². The Bertz CT molecular complexity index is 869. The summed E-state index contributed by atoms with van der Waals surface area (Å²) in [6.45, 7) is 8.98. The van der Waals surface area contributed by atoms with Gasteiger partial charge >= 0.3 is 6.09 Å². The van der Waals surface area contributed by atoms with Crippen LogP contribution in [0, 0.1) is 6.92 Å². The van der Waals surface area contributed by atoms with Gasteiger partial charge in [-0.1, -0.05) is 25.0 Å². The molecule has 1 aliphatic carbocycles. The summed E-state index contributed by atoms with van der Waals surface area (Å²) in [6.07, 6.45) is 5.10. The second-order valence-electron chi connectivity index (χ2n) is 9.17. The van der Waals surface area contributed by atoms with Crippen LogP contribution in [0.15, 0.2) is 23.7 Å². The molecule has 170 valence electrons. The van der Waals surface area contributed by atoms with Crippen LogP contribution in [0.25, 0.3) is 10.4 Å². The zero-order valence-corrected chi connectivity index (χ0v) is 19.9. The number of hydrogen-bond acceptors (Lipinski definition) is 6. The van der Waals surface area contributed by atoms with Crippen LogP contribution in [0.2, 0.25) is 0 Å². The smallest absolute Gasteiger partial charge is 0.407 e. The number of hydrogen-bond donors (Lipinski definition) is 2. The summed E-state index contributed by atoms with van der Waals surface area (Å²) in [7, 11) is 0. The molecule has 1 aromatic carbocycles. The minimum absolute atomic E-state index is 0.169. The zero-order chi connectivity index (χ0) is 22.4. The van der Waals surface area contributed by atoms with Crippen LogP contribution in [-0.4, -0.2) is 41.0 Å². The van der Waals surface area contributed by atoms with Crippen LogP contribution in [-0.2, 0) is 11.3 Å². The first-order valence-electron chi connectivity index (χ1n) is 11.2. The molecule has 7 heteroatoms. The highest BCUT2D eigenvalue weighted by Gasteiger charge is 2.25. The molecule has 1 heterocycles. The Morgan fingerprint density at radius 1 is 1.32 bits per heavy atom. The van der Waals surface area contributed by atoms with E-state index < -0.39 is 11.7 Å². The van der Waals surface area contributed by atoms with Crippen molar-refractivity contribution in [1.29, 1.82) is 0 Å². The van der Waals surface area contributed by atoms with Crippen LogP contribution < -0.4 is 10.2 Å². The summed E-state index contributed by atoms with van der Waals surface area (Å²) in [6, 6.07) is 6.89. The third kappa shape index (κ3) is 6.43. The van der Waals surface area contributed by atoms with Gasteiger partial charge < -0.3 is 20.1 Å². The van der Waals surface area contributed by atoms with Gasteiger partial charge in [-0.25, -0.2) is 9.78 Å². The summed E-state index contributed by atoms with van der Waals surface area (Å²) in [5.74, 6) is 0. The highest BCUT2D eigenvalue weighted by Crippen LogP contribution is 2.36. The van der Waals surface area contributed by atoms with Gasteiger partial charge in [-0.2, -0.15) is 0 Å². The molecular weight excluding hydrogens is 410 g/mol. The highest BCUT2D eigenvalue weighted by molar-refractivity contribution is 7.13. The Labute approximate surface area is 189 Å². The first kappa shape index (κ1) is 23.5. The van der Waals surface area contributed by atoms with Gasteiger partial charge in [-0.3, -0.25) is 0 Å². The van der Waals surface area contributed by atoms with E-state index >= 15 is 0 Å². The number of nitrogens with one attached hydrogen (secondary N) is 1. The van der Waals surface area contributed by atoms with E-state index in [9.17, 15) is 9.90 Å². The number of anilines is 1. The van der Waals surface area contributed by atoms with E-state index in [1.165, 1.54) is 17.7 Å². The van der Waals surface area contributed by atoms with Crippen LogP contribution >= 0.6 is 11.3 Å². The molecule has 1 aliphatic rings. The standard InChI is InChI=1S/C24H35N3O3S/c1-17-22(31-16-26-17)18-10-11-19(15-25-23(29)30-24(2,3)4)21(14-18)27(12-7-13-28)20-8-5-6-9-20/h10-11,14,16,20,28H,5-9,12-13,15H2,1-4H3,(H,25,29). The summed E-state index contributed by atoms with van der Waals surface area (Å²) in [5, 5.41) is 12.4. The van der Waals surface area contributed by atoms with Crippen molar-refractivity contribution in [2.75, 3.05) is 18.1 Å². The Balaban J connectivity index is 1.92. The number of amides is 1. The lowest BCUT2D eigenvalue weighted by Gasteiger charge is -2.33. The average Bonchev–Trinajstić information content (AvgIpc) is 3.38. The van der Waals surface area contributed by atoms with E-state index in [1.807, 2.05) is 33.2 Å². The molecule has 1 aromatic heterocycles. The number of rotatable bonds is 8. The van der Waals surface area contributed by atoms with Gasteiger partial charge in [0.05, 0.1) is 16.1 Å². The second kappa shape index (κ2) is 10.5. The maximum Gasteiger partial charge on any atom is 0.407 e. The van der Waals surface area contributed by atoms with Crippen LogP contribution in [0.5, 0.6) is 0 Å². The number of nitrogens with zero attached hydrogens (tertiary/aromatic N) is 2. The van der Waals surface area contributed by atoms with E-state index in [4.69, 9.17) is 4.74 Å². The highest BCUT2D eigenvalue weighted by atomic mass is 32.1. The van der Waals surface area contributed by atoms with Gasteiger partial charge in [-0.15, -0.1) is 11.3 Å². The maximum absolute atomic E-state index is 12.3. The number of thiazole rings is 1. The summed E-state index contributed by atoms with van der Waals surface area (Å²) in [4.78, 5) is 20.3. The first-order chi connectivity index (χ1) is 14.8. The number of benzene rings is 1. The lowest BCUT2D eigenvalue weighted by atomic mass is 10.0. The summed E-state index contributed by atoms with van der Waals surface area (Å²) in [5.41, 5.74) is 5.70. The molecule has 0 radical (unpaired) electrons. The Kier molecular flexibility index (Phi) is 7.94. The quantitative estimate of drug-likeness (QED) is 0.579. The van der Waals surface area contributed by atoms with Gasteiger partial charge in [-0.05, 0) is 64.2 Å².